The molecule has 2 atom stereocenters. The number of nitrogens with two attached hydrogens (primary N) is 1. The molecule has 0 aromatic heterocycles. The molecule has 1 heterocycles. The standard InChI is InChI=1S/C15H24N2O5S/c1-10(16)11-5-6-17(9-11)23(18,19)15-13(21-3)7-12(20-2)8-14(15)22-4/h7-8,10-11H,5-6,9,16H2,1-4H3. The Morgan fingerprint density at radius 2 is 1.74 bits per heavy atom. The summed E-state index contributed by atoms with van der Waals surface area (Å²) in [7, 11) is 0.590. The molecule has 0 amide bonds. The average Bonchev–Trinajstić information content (AvgIpc) is 3.04. The van der Waals surface area contributed by atoms with Crippen molar-refractivity contribution in [2.24, 2.45) is 11.7 Å². The van der Waals surface area contributed by atoms with Crippen LogP contribution in [0.5, 0.6) is 17.2 Å². The lowest BCUT2D eigenvalue weighted by Crippen LogP contribution is -2.33. The minimum atomic E-state index is -3.74. The van der Waals surface area contributed by atoms with E-state index in [0.29, 0.717) is 18.8 Å². The van der Waals surface area contributed by atoms with Gasteiger partial charge in [0.25, 0.3) is 0 Å². The number of benzene rings is 1. The molecule has 0 bridgehead atoms. The van der Waals surface area contributed by atoms with Crippen LogP contribution in [0.15, 0.2) is 17.0 Å². The smallest absolute Gasteiger partial charge is 0.250 e. The predicted octanol–water partition coefficient (Wildman–Crippen LogP) is 1.07. The summed E-state index contributed by atoms with van der Waals surface area (Å²) in [5.74, 6) is 1.02. The monoisotopic (exact) mass is 344 g/mol. The van der Waals surface area contributed by atoms with Crippen molar-refractivity contribution < 1.29 is 22.6 Å². The van der Waals surface area contributed by atoms with Crippen molar-refractivity contribution in [1.29, 1.82) is 0 Å². The van der Waals surface area contributed by atoms with Gasteiger partial charge in [0.2, 0.25) is 10.0 Å². The van der Waals surface area contributed by atoms with Crippen LogP contribution < -0.4 is 19.9 Å². The second-order valence-corrected chi connectivity index (χ2v) is 7.51. The Bertz CT molecular complexity index is 635. The van der Waals surface area contributed by atoms with Crippen LogP contribution in [0.2, 0.25) is 0 Å². The highest BCUT2D eigenvalue weighted by Gasteiger charge is 2.37. The van der Waals surface area contributed by atoms with Gasteiger partial charge in [-0.3, -0.25) is 0 Å². The maximum atomic E-state index is 13.0. The third-order valence-electron chi connectivity index (χ3n) is 4.20. The molecule has 7 nitrogen and oxygen atoms in total. The van der Waals surface area contributed by atoms with E-state index in [1.807, 2.05) is 6.92 Å². The van der Waals surface area contributed by atoms with Crippen molar-refractivity contribution in [2.45, 2.75) is 24.3 Å². The van der Waals surface area contributed by atoms with Gasteiger partial charge in [-0.05, 0) is 19.3 Å². The average molecular weight is 344 g/mol. The Morgan fingerprint density at radius 3 is 2.13 bits per heavy atom. The van der Waals surface area contributed by atoms with Gasteiger partial charge in [0.05, 0.1) is 21.3 Å². The van der Waals surface area contributed by atoms with Crippen LogP contribution >= 0.6 is 0 Å². The van der Waals surface area contributed by atoms with Crippen LogP contribution in [0.1, 0.15) is 13.3 Å². The second kappa shape index (κ2) is 6.94. The fourth-order valence-corrected chi connectivity index (χ4v) is 4.54. The Labute approximate surface area is 137 Å². The van der Waals surface area contributed by atoms with E-state index in [2.05, 4.69) is 0 Å². The van der Waals surface area contributed by atoms with Crippen molar-refractivity contribution in [3.05, 3.63) is 12.1 Å². The zero-order valence-corrected chi connectivity index (χ0v) is 14.7. The lowest BCUT2D eigenvalue weighted by Gasteiger charge is -2.21. The molecule has 0 saturated carbocycles. The quantitative estimate of drug-likeness (QED) is 0.830. The number of hydrogen-bond acceptors (Lipinski definition) is 6. The number of ether oxygens (including phenoxy) is 3. The van der Waals surface area contributed by atoms with Crippen molar-refractivity contribution in [3.63, 3.8) is 0 Å². The van der Waals surface area contributed by atoms with Crippen LogP contribution in [0.3, 0.4) is 0 Å². The van der Waals surface area contributed by atoms with Crippen LogP contribution in [-0.4, -0.2) is 53.2 Å². The molecule has 23 heavy (non-hydrogen) atoms. The predicted molar refractivity (Wildman–Crippen MR) is 86.6 cm³/mol. The topological polar surface area (TPSA) is 91.1 Å². The summed E-state index contributed by atoms with van der Waals surface area (Å²) < 4.78 is 43.2. The Morgan fingerprint density at radius 1 is 1.17 bits per heavy atom. The molecule has 8 heteroatoms. The molecule has 1 aliphatic rings. The molecule has 2 rings (SSSR count). The first-order valence-corrected chi connectivity index (χ1v) is 8.84. The lowest BCUT2D eigenvalue weighted by molar-refractivity contribution is 0.354. The molecule has 2 unspecified atom stereocenters. The van der Waals surface area contributed by atoms with Gasteiger partial charge in [0, 0.05) is 31.3 Å². The van der Waals surface area contributed by atoms with Crippen LogP contribution in [0.4, 0.5) is 0 Å². The summed E-state index contributed by atoms with van der Waals surface area (Å²) in [5, 5.41) is 0. The fourth-order valence-electron chi connectivity index (χ4n) is 2.76. The molecular weight excluding hydrogens is 320 g/mol. The van der Waals surface area contributed by atoms with E-state index in [0.717, 1.165) is 6.42 Å². The van der Waals surface area contributed by atoms with E-state index in [9.17, 15) is 8.42 Å². The highest BCUT2D eigenvalue weighted by Crippen LogP contribution is 2.40. The van der Waals surface area contributed by atoms with Gasteiger partial charge in [-0.1, -0.05) is 0 Å². The normalized spacial score (nSPS) is 20.3. The van der Waals surface area contributed by atoms with E-state index in [1.54, 1.807) is 0 Å². The molecule has 0 radical (unpaired) electrons. The fraction of sp³-hybridized carbons (Fsp3) is 0.600. The van der Waals surface area contributed by atoms with Gasteiger partial charge >= 0.3 is 0 Å². The van der Waals surface area contributed by atoms with E-state index < -0.39 is 10.0 Å². The Hall–Kier alpha value is -1.51. The first-order valence-electron chi connectivity index (χ1n) is 7.40. The Kier molecular flexibility index (Phi) is 5.38. The van der Waals surface area contributed by atoms with Crippen molar-refractivity contribution >= 4 is 10.0 Å². The summed E-state index contributed by atoms with van der Waals surface area (Å²) in [5.41, 5.74) is 5.90. The van der Waals surface area contributed by atoms with Crippen LogP contribution in [-0.2, 0) is 10.0 Å². The van der Waals surface area contributed by atoms with E-state index in [1.165, 1.54) is 37.8 Å². The van der Waals surface area contributed by atoms with Gasteiger partial charge < -0.3 is 19.9 Å². The molecule has 1 fully saturated rings. The molecular formula is C15H24N2O5S. The first kappa shape index (κ1) is 17.8. The zero-order chi connectivity index (χ0) is 17.2. The van der Waals surface area contributed by atoms with Crippen LogP contribution in [0.25, 0.3) is 0 Å². The van der Waals surface area contributed by atoms with Gasteiger partial charge in [-0.15, -0.1) is 0 Å². The number of hydrogen-bond donors (Lipinski definition) is 1. The third kappa shape index (κ3) is 3.39. The van der Waals surface area contributed by atoms with E-state index in [-0.39, 0.29) is 28.4 Å². The van der Waals surface area contributed by atoms with Crippen molar-refractivity contribution in [3.8, 4) is 17.2 Å². The number of methoxy groups -OCH3 is 3. The van der Waals surface area contributed by atoms with Gasteiger partial charge in [0.15, 0.2) is 4.90 Å². The van der Waals surface area contributed by atoms with E-state index >= 15 is 0 Å². The molecule has 1 aromatic carbocycles. The van der Waals surface area contributed by atoms with Gasteiger partial charge in [-0.2, -0.15) is 4.31 Å². The largest absolute Gasteiger partial charge is 0.496 e. The first-order chi connectivity index (χ1) is 10.8. The van der Waals surface area contributed by atoms with Crippen molar-refractivity contribution in [1.82, 2.24) is 4.31 Å². The molecule has 0 spiro atoms. The summed E-state index contributed by atoms with van der Waals surface area (Å²) in [6, 6.07) is 3.03. The molecule has 2 N–H and O–H groups in total. The molecule has 1 saturated heterocycles. The van der Waals surface area contributed by atoms with Gasteiger partial charge in [0.1, 0.15) is 17.2 Å². The number of nitrogens with zero attached hydrogens (tertiary/aromatic N) is 1. The Balaban J connectivity index is 2.47. The third-order valence-corrected chi connectivity index (χ3v) is 6.13. The number of sulfonamides is 1. The highest BCUT2D eigenvalue weighted by atomic mass is 32.2. The van der Waals surface area contributed by atoms with E-state index in [4.69, 9.17) is 19.9 Å². The van der Waals surface area contributed by atoms with Crippen molar-refractivity contribution in [2.75, 3.05) is 34.4 Å². The maximum Gasteiger partial charge on any atom is 0.250 e. The summed E-state index contributed by atoms with van der Waals surface area (Å²) in [6.45, 7) is 2.74. The zero-order valence-electron chi connectivity index (χ0n) is 13.9. The minimum Gasteiger partial charge on any atom is -0.496 e. The summed E-state index contributed by atoms with van der Waals surface area (Å²) >= 11 is 0. The van der Waals surface area contributed by atoms with Gasteiger partial charge in [-0.25, -0.2) is 8.42 Å². The molecule has 0 aliphatic carbocycles. The lowest BCUT2D eigenvalue weighted by atomic mass is 10.0. The maximum absolute atomic E-state index is 13.0. The molecule has 1 aliphatic heterocycles. The van der Waals surface area contributed by atoms with Crippen LogP contribution in [0, 0.1) is 5.92 Å². The second-order valence-electron chi connectivity index (χ2n) is 5.63. The number of rotatable bonds is 6. The SMILES string of the molecule is COc1cc(OC)c(S(=O)(=O)N2CCC(C(C)N)C2)c(OC)c1. The summed E-state index contributed by atoms with van der Waals surface area (Å²) in [6.07, 6.45) is 0.748. The molecule has 1 aromatic rings. The molecule has 130 valence electrons. The summed E-state index contributed by atoms with van der Waals surface area (Å²) in [4.78, 5) is 0.0219. The highest BCUT2D eigenvalue weighted by molar-refractivity contribution is 7.89. The minimum absolute atomic E-state index is 0.0219.